The number of nitriles is 2. The molecule has 1 aliphatic carbocycles. The minimum Gasteiger partial charge on any atom is -0.340 e. The summed E-state index contributed by atoms with van der Waals surface area (Å²) < 4.78 is 2.21. The highest BCUT2D eigenvalue weighted by atomic mass is 32.2. The van der Waals surface area contributed by atoms with Gasteiger partial charge in [-0.25, -0.2) is 0 Å². The van der Waals surface area contributed by atoms with Gasteiger partial charge in [-0.15, -0.1) is 10.2 Å². The molecule has 33 heavy (non-hydrogen) atoms. The van der Waals surface area contributed by atoms with E-state index in [1.807, 2.05) is 0 Å². The maximum Gasteiger partial charge on any atom is 0.233 e. The summed E-state index contributed by atoms with van der Waals surface area (Å²) in [6.45, 7) is 7.29. The lowest BCUT2D eigenvalue weighted by molar-refractivity contribution is -0.128. The smallest absolute Gasteiger partial charge is 0.233 e. The van der Waals surface area contributed by atoms with Gasteiger partial charge in [0.2, 0.25) is 5.91 Å². The number of amides is 1. The fourth-order valence-corrected chi connectivity index (χ4v) is 5.04. The number of hydrogen-bond acceptors (Lipinski definition) is 6. The molecule has 0 N–H and O–H groups in total. The molecule has 0 radical (unpaired) electrons. The molecule has 0 unspecified atom stereocenters. The van der Waals surface area contributed by atoms with Gasteiger partial charge in [0.15, 0.2) is 11.0 Å². The highest BCUT2D eigenvalue weighted by Crippen LogP contribution is 2.37. The summed E-state index contributed by atoms with van der Waals surface area (Å²) in [5, 5.41) is 27.5. The Kier molecular flexibility index (Phi) is 8.52. The van der Waals surface area contributed by atoms with Gasteiger partial charge in [-0.05, 0) is 23.8 Å². The number of nitrogens with zero attached hydrogens (tertiary/aromatic N) is 6. The Morgan fingerprint density at radius 1 is 1.09 bits per heavy atom. The maximum absolute atomic E-state index is 12.8. The van der Waals surface area contributed by atoms with Crippen LogP contribution in [0.5, 0.6) is 0 Å². The van der Waals surface area contributed by atoms with Gasteiger partial charge in [0.05, 0.1) is 30.7 Å². The first-order chi connectivity index (χ1) is 15.8. The van der Waals surface area contributed by atoms with E-state index >= 15 is 0 Å². The van der Waals surface area contributed by atoms with Crippen LogP contribution in [0.3, 0.4) is 0 Å². The predicted octanol–water partition coefficient (Wildman–Crippen LogP) is 5.11. The molecule has 8 heteroatoms. The largest absolute Gasteiger partial charge is 0.340 e. The molecule has 1 aromatic heterocycles. The van der Waals surface area contributed by atoms with Crippen molar-refractivity contribution in [2.45, 2.75) is 75.9 Å². The van der Waals surface area contributed by atoms with Gasteiger partial charge in [-0.1, -0.05) is 69.6 Å². The van der Waals surface area contributed by atoms with E-state index in [0.717, 1.165) is 29.4 Å². The molecule has 0 saturated heterocycles. The number of carbonyl (C=O) groups is 1. The van der Waals surface area contributed by atoms with E-state index < -0.39 is 0 Å². The number of carbonyl (C=O) groups excluding carboxylic acids is 1. The second-order valence-electron chi connectivity index (χ2n) is 9.43. The molecule has 1 fully saturated rings. The predicted molar refractivity (Wildman–Crippen MR) is 129 cm³/mol. The lowest BCUT2D eigenvalue weighted by atomic mass is 9.86. The van der Waals surface area contributed by atoms with Gasteiger partial charge in [0, 0.05) is 24.7 Å². The van der Waals surface area contributed by atoms with Crippen molar-refractivity contribution in [3.05, 3.63) is 29.8 Å². The second-order valence-corrected chi connectivity index (χ2v) is 10.4. The number of thioether (sulfide) groups is 1. The van der Waals surface area contributed by atoms with Crippen molar-refractivity contribution in [1.82, 2.24) is 19.7 Å². The molecular formula is C25H32N6OS. The zero-order valence-corrected chi connectivity index (χ0v) is 20.6. The molecular weight excluding hydrogens is 432 g/mol. The molecule has 174 valence electrons. The van der Waals surface area contributed by atoms with Crippen LogP contribution in [-0.2, 0) is 10.2 Å². The fraction of sp³-hybridized carbons (Fsp3) is 0.560. The summed E-state index contributed by atoms with van der Waals surface area (Å²) >= 11 is 1.39. The summed E-state index contributed by atoms with van der Waals surface area (Å²) in [7, 11) is 0. The lowest BCUT2D eigenvalue weighted by Gasteiger charge is -2.21. The summed E-state index contributed by atoms with van der Waals surface area (Å²) in [6, 6.07) is 13.0. The van der Waals surface area contributed by atoms with Crippen molar-refractivity contribution in [3.8, 4) is 23.5 Å². The number of hydrogen-bond donors (Lipinski definition) is 0. The van der Waals surface area contributed by atoms with Gasteiger partial charge in [0.1, 0.15) is 0 Å². The van der Waals surface area contributed by atoms with Crippen molar-refractivity contribution in [3.63, 3.8) is 0 Å². The molecule has 7 nitrogen and oxygen atoms in total. The normalized spacial score (nSPS) is 14.1. The number of benzene rings is 1. The molecule has 3 rings (SSSR count). The highest BCUT2D eigenvalue weighted by Gasteiger charge is 2.26. The first kappa shape index (κ1) is 24.8. The number of rotatable bonds is 9. The molecule has 1 saturated carbocycles. The van der Waals surface area contributed by atoms with E-state index in [1.54, 1.807) is 4.90 Å². The van der Waals surface area contributed by atoms with Crippen molar-refractivity contribution < 1.29 is 4.79 Å². The Balaban J connectivity index is 1.81. The van der Waals surface area contributed by atoms with Gasteiger partial charge in [0.25, 0.3) is 0 Å². The third-order valence-corrected chi connectivity index (χ3v) is 6.96. The average molecular weight is 465 g/mol. The molecule has 1 amide bonds. The summed E-state index contributed by atoms with van der Waals surface area (Å²) in [5.74, 6) is 0.982. The quantitative estimate of drug-likeness (QED) is 0.479. The molecule has 0 spiro atoms. The minimum absolute atomic E-state index is 0.0810. The molecule has 0 atom stereocenters. The van der Waals surface area contributed by atoms with E-state index in [9.17, 15) is 4.79 Å². The van der Waals surface area contributed by atoms with Gasteiger partial charge in [-0.3, -0.25) is 9.36 Å². The van der Waals surface area contributed by atoms with E-state index in [4.69, 9.17) is 10.5 Å². The summed E-state index contributed by atoms with van der Waals surface area (Å²) in [6.07, 6.45) is 5.06. The van der Waals surface area contributed by atoms with E-state index in [1.165, 1.54) is 30.2 Å². The Labute approximate surface area is 200 Å². The molecule has 1 heterocycles. The van der Waals surface area contributed by atoms with Crippen LogP contribution in [-0.4, -0.2) is 44.4 Å². The molecule has 1 aromatic carbocycles. The monoisotopic (exact) mass is 464 g/mol. The van der Waals surface area contributed by atoms with Crippen LogP contribution in [0.2, 0.25) is 0 Å². The molecule has 1 aliphatic rings. The van der Waals surface area contributed by atoms with Crippen molar-refractivity contribution >= 4 is 17.7 Å². The first-order valence-electron chi connectivity index (χ1n) is 11.6. The topological polar surface area (TPSA) is 98.6 Å². The first-order valence-corrected chi connectivity index (χ1v) is 12.5. The van der Waals surface area contributed by atoms with Crippen molar-refractivity contribution in [1.29, 1.82) is 10.5 Å². The van der Waals surface area contributed by atoms with Crippen LogP contribution >= 0.6 is 11.8 Å². The molecule has 2 aromatic rings. The number of aromatic nitrogens is 3. The Morgan fingerprint density at radius 3 is 2.24 bits per heavy atom. The van der Waals surface area contributed by atoms with Crippen LogP contribution < -0.4 is 0 Å². The SMILES string of the molecule is CC(C)(C)c1ccc(-c2nnc(SCC(=O)N(CCC#N)CCC#N)n2C2CCCC2)cc1. The summed E-state index contributed by atoms with van der Waals surface area (Å²) in [5.41, 5.74) is 2.39. The van der Waals surface area contributed by atoms with Crippen LogP contribution in [0, 0.1) is 22.7 Å². The standard InChI is InChI=1S/C25H32N6OS/c1-25(2,3)20-12-10-19(11-13-20)23-28-29-24(31(23)21-8-4-5-9-21)33-18-22(32)30(16-6-14-26)17-7-15-27/h10-13,21H,4-9,16-18H2,1-3H3. The minimum atomic E-state index is -0.0810. The zero-order valence-electron chi connectivity index (χ0n) is 19.8. The van der Waals surface area contributed by atoms with E-state index in [2.05, 4.69) is 71.9 Å². The Hall–Kier alpha value is -2.84. The van der Waals surface area contributed by atoms with E-state index in [-0.39, 0.29) is 29.9 Å². The Bertz CT molecular complexity index is 1000. The molecule has 0 aliphatic heterocycles. The lowest BCUT2D eigenvalue weighted by Crippen LogP contribution is -2.34. The second kappa shape index (κ2) is 11.3. The maximum atomic E-state index is 12.8. The fourth-order valence-electron chi connectivity index (χ4n) is 4.13. The highest BCUT2D eigenvalue weighted by molar-refractivity contribution is 7.99. The third kappa shape index (κ3) is 6.36. The Morgan fingerprint density at radius 2 is 1.70 bits per heavy atom. The van der Waals surface area contributed by atoms with Crippen LogP contribution in [0.15, 0.2) is 29.4 Å². The van der Waals surface area contributed by atoms with E-state index in [0.29, 0.717) is 19.1 Å². The van der Waals surface area contributed by atoms with Crippen LogP contribution in [0.25, 0.3) is 11.4 Å². The zero-order chi connectivity index (χ0) is 23.8. The van der Waals surface area contributed by atoms with Crippen molar-refractivity contribution in [2.24, 2.45) is 0 Å². The summed E-state index contributed by atoms with van der Waals surface area (Å²) in [4.78, 5) is 14.4. The third-order valence-electron chi connectivity index (χ3n) is 6.03. The van der Waals surface area contributed by atoms with Crippen LogP contribution in [0.4, 0.5) is 0 Å². The van der Waals surface area contributed by atoms with Crippen LogP contribution in [0.1, 0.15) is 70.9 Å². The van der Waals surface area contributed by atoms with Gasteiger partial charge in [-0.2, -0.15) is 10.5 Å². The average Bonchev–Trinajstić information content (AvgIpc) is 3.46. The van der Waals surface area contributed by atoms with Crippen molar-refractivity contribution in [2.75, 3.05) is 18.8 Å². The molecule has 0 bridgehead atoms. The van der Waals surface area contributed by atoms with Gasteiger partial charge < -0.3 is 4.90 Å². The van der Waals surface area contributed by atoms with Gasteiger partial charge >= 0.3 is 0 Å².